The molecule has 150 valence electrons. The van der Waals surface area contributed by atoms with Gasteiger partial charge >= 0.3 is 0 Å². The number of rotatable bonds is 9. The van der Waals surface area contributed by atoms with Crippen molar-refractivity contribution < 1.29 is 4.79 Å². The minimum atomic E-state index is -0.0428. The van der Waals surface area contributed by atoms with Crippen molar-refractivity contribution in [1.82, 2.24) is 9.88 Å². The lowest BCUT2D eigenvalue weighted by molar-refractivity contribution is 0.0985. The molecular weight excluding hydrogens is 360 g/mol. The Morgan fingerprint density at radius 1 is 0.966 bits per heavy atom. The summed E-state index contributed by atoms with van der Waals surface area (Å²) in [5.41, 5.74) is 2.58. The highest BCUT2D eigenvalue weighted by Gasteiger charge is 2.18. The van der Waals surface area contributed by atoms with E-state index in [0.29, 0.717) is 12.1 Å². The van der Waals surface area contributed by atoms with Gasteiger partial charge < -0.3 is 15.1 Å². The van der Waals surface area contributed by atoms with Crippen LogP contribution in [0.5, 0.6) is 0 Å². The molecule has 1 heterocycles. The first kappa shape index (κ1) is 20.6. The monoisotopic (exact) mass is 388 g/mol. The Hall–Kier alpha value is -3.18. The van der Waals surface area contributed by atoms with Gasteiger partial charge in [-0.15, -0.1) is 0 Å². The number of benzene rings is 2. The molecule has 29 heavy (non-hydrogen) atoms. The van der Waals surface area contributed by atoms with Gasteiger partial charge in [0.15, 0.2) is 0 Å². The zero-order chi connectivity index (χ0) is 20.5. The lowest BCUT2D eigenvalue weighted by atomic mass is 10.1. The molecule has 0 spiro atoms. The molecule has 5 nitrogen and oxygen atoms in total. The summed E-state index contributed by atoms with van der Waals surface area (Å²) in [5.74, 6) is 0.682. The van der Waals surface area contributed by atoms with E-state index in [9.17, 15) is 4.79 Å². The van der Waals surface area contributed by atoms with Gasteiger partial charge in [-0.1, -0.05) is 48.5 Å². The maximum Gasteiger partial charge on any atom is 0.258 e. The number of carbonyl (C=O) groups excluding carboxylic acids is 1. The average Bonchev–Trinajstić information content (AvgIpc) is 2.76. The molecule has 0 saturated carbocycles. The maximum atomic E-state index is 13.4. The van der Waals surface area contributed by atoms with E-state index in [0.717, 1.165) is 36.6 Å². The molecule has 3 rings (SSSR count). The molecule has 1 aromatic heterocycles. The molecule has 3 aromatic rings. The molecule has 1 N–H and O–H groups in total. The van der Waals surface area contributed by atoms with Crippen LogP contribution in [0, 0.1) is 0 Å². The number of nitrogens with one attached hydrogen (secondary N) is 1. The van der Waals surface area contributed by atoms with E-state index < -0.39 is 0 Å². The first-order chi connectivity index (χ1) is 14.1. The Balaban J connectivity index is 1.78. The number of para-hydroxylation sites is 1. The molecule has 0 radical (unpaired) electrons. The fraction of sp³-hybridized carbons (Fsp3) is 0.250. The number of aromatic nitrogens is 1. The Kier molecular flexibility index (Phi) is 7.36. The summed E-state index contributed by atoms with van der Waals surface area (Å²) in [6.45, 7) is 2.33. The Labute approximate surface area is 173 Å². The van der Waals surface area contributed by atoms with Crippen LogP contribution in [0.25, 0.3) is 0 Å². The zero-order valence-corrected chi connectivity index (χ0v) is 17.1. The fourth-order valence-corrected chi connectivity index (χ4v) is 3.08. The van der Waals surface area contributed by atoms with Crippen LogP contribution in [-0.4, -0.2) is 43.0 Å². The Bertz CT molecular complexity index is 897. The summed E-state index contributed by atoms with van der Waals surface area (Å²) in [7, 11) is 4.12. The topological polar surface area (TPSA) is 48.5 Å². The lowest BCUT2D eigenvalue weighted by Crippen LogP contribution is -2.30. The second-order valence-electron chi connectivity index (χ2n) is 7.23. The standard InChI is InChI=1S/C24H28N4O/c1-27(2)17-9-15-25-23-18-21(14-16-26-23)24(29)28(22-12-7-4-8-13-22)19-20-10-5-3-6-11-20/h3-8,10-14,16,18H,9,15,17,19H2,1-2H3,(H,25,26). The van der Waals surface area contributed by atoms with Crippen LogP contribution in [0.15, 0.2) is 79.0 Å². The predicted molar refractivity (Wildman–Crippen MR) is 119 cm³/mol. The normalized spacial score (nSPS) is 10.7. The van der Waals surface area contributed by atoms with Crippen LogP contribution < -0.4 is 10.2 Å². The Morgan fingerprint density at radius 2 is 1.66 bits per heavy atom. The van der Waals surface area contributed by atoms with Crippen molar-refractivity contribution >= 4 is 17.4 Å². The third-order valence-electron chi connectivity index (χ3n) is 4.59. The lowest BCUT2D eigenvalue weighted by Gasteiger charge is -2.23. The highest BCUT2D eigenvalue weighted by molar-refractivity contribution is 6.06. The SMILES string of the molecule is CN(C)CCCNc1cc(C(=O)N(Cc2ccccc2)c2ccccc2)ccn1. The molecule has 0 fully saturated rings. The molecule has 0 aliphatic carbocycles. The number of anilines is 2. The van der Waals surface area contributed by atoms with E-state index in [-0.39, 0.29) is 5.91 Å². The maximum absolute atomic E-state index is 13.4. The van der Waals surface area contributed by atoms with Gasteiger partial charge in [-0.3, -0.25) is 4.79 Å². The quantitative estimate of drug-likeness (QED) is 0.556. The largest absolute Gasteiger partial charge is 0.370 e. The van der Waals surface area contributed by atoms with Crippen molar-refractivity contribution in [2.45, 2.75) is 13.0 Å². The highest BCUT2D eigenvalue weighted by Crippen LogP contribution is 2.21. The summed E-state index contributed by atoms with van der Waals surface area (Å²) < 4.78 is 0. The van der Waals surface area contributed by atoms with Gasteiger partial charge in [0.1, 0.15) is 5.82 Å². The molecule has 0 aliphatic heterocycles. The van der Waals surface area contributed by atoms with Gasteiger partial charge in [0, 0.05) is 24.0 Å². The number of hydrogen-bond acceptors (Lipinski definition) is 4. The van der Waals surface area contributed by atoms with Gasteiger partial charge in [-0.25, -0.2) is 4.98 Å². The third kappa shape index (κ3) is 6.16. The van der Waals surface area contributed by atoms with Crippen LogP contribution in [-0.2, 0) is 6.54 Å². The van der Waals surface area contributed by atoms with E-state index in [2.05, 4.69) is 29.3 Å². The van der Waals surface area contributed by atoms with E-state index in [1.165, 1.54) is 0 Å². The van der Waals surface area contributed by atoms with Crippen molar-refractivity contribution in [2.75, 3.05) is 37.4 Å². The van der Waals surface area contributed by atoms with Crippen LogP contribution >= 0.6 is 0 Å². The number of pyridine rings is 1. The summed E-state index contributed by atoms with van der Waals surface area (Å²) in [5, 5.41) is 3.32. The summed E-state index contributed by atoms with van der Waals surface area (Å²) in [6.07, 6.45) is 2.70. The minimum absolute atomic E-state index is 0.0428. The molecule has 0 saturated heterocycles. The summed E-state index contributed by atoms with van der Waals surface area (Å²) in [4.78, 5) is 21.7. The molecule has 5 heteroatoms. The Morgan fingerprint density at radius 3 is 2.34 bits per heavy atom. The van der Waals surface area contributed by atoms with E-state index in [1.807, 2.05) is 66.7 Å². The second kappa shape index (κ2) is 10.4. The van der Waals surface area contributed by atoms with Crippen molar-refractivity contribution in [3.63, 3.8) is 0 Å². The molecule has 1 amide bonds. The highest BCUT2D eigenvalue weighted by atomic mass is 16.2. The first-order valence-electron chi connectivity index (χ1n) is 9.89. The second-order valence-corrected chi connectivity index (χ2v) is 7.23. The van der Waals surface area contributed by atoms with Gasteiger partial charge in [0.05, 0.1) is 6.54 Å². The number of hydrogen-bond donors (Lipinski definition) is 1. The van der Waals surface area contributed by atoms with E-state index in [4.69, 9.17) is 0 Å². The smallest absolute Gasteiger partial charge is 0.258 e. The number of carbonyl (C=O) groups is 1. The minimum Gasteiger partial charge on any atom is -0.370 e. The zero-order valence-electron chi connectivity index (χ0n) is 17.1. The van der Waals surface area contributed by atoms with Crippen molar-refractivity contribution in [1.29, 1.82) is 0 Å². The van der Waals surface area contributed by atoms with Crippen molar-refractivity contribution in [3.05, 3.63) is 90.1 Å². The molecular formula is C24H28N4O. The molecule has 2 aromatic carbocycles. The molecule has 0 aliphatic rings. The van der Waals surface area contributed by atoms with Crippen LogP contribution in [0.4, 0.5) is 11.5 Å². The van der Waals surface area contributed by atoms with Gasteiger partial charge in [-0.2, -0.15) is 0 Å². The van der Waals surface area contributed by atoms with Gasteiger partial charge in [0.25, 0.3) is 5.91 Å². The fourth-order valence-electron chi connectivity index (χ4n) is 3.08. The first-order valence-corrected chi connectivity index (χ1v) is 9.89. The van der Waals surface area contributed by atoms with Crippen LogP contribution in [0.2, 0.25) is 0 Å². The van der Waals surface area contributed by atoms with Crippen LogP contribution in [0.3, 0.4) is 0 Å². The van der Waals surface area contributed by atoms with Crippen molar-refractivity contribution in [2.24, 2.45) is 0 Å². The van der Waals surface area contributed by atoms with Gasteiger partial charge in [0.2, 0.25) is 0 Å². The summed E-state index contributed by atoms with van der Waals surface area (Å²) >= 11 is 0. The molecule has 0 unspecified atom stereocenters. The average molecular weight is 389 g/mol. The predicted octanol–water partition coefficient (Wildman–Crippen LogP) is 4.29. The molecule has 0 bridgehead atoms. The number of amides is 1. The van der Waals surface area contributed by atoms with E-state index >= 15 is 0 Å². The number of nitrogens with zero attached hydrogens (tertiary/aromatic N) is 3. The van der Waals surface area contributed by atoms with Crippen molar-refractivity contribution in [3.8, 4) is 0 Å². The summed E-state index contributed by atoms with van der Waals surface area (Å²) in [6, 6.07) is 23.4. The third-order valence-corrected chi connectivity index (χ3v) is 4.59. The molecule has 0 atom stereocenters. The van der Waals surface area contributed by atoms with Crippen LogP contribution in [0.1, 0.15) is 22.3 Å². The van der Waals surface area contributed by atoms with Gasteiger partial charge in [-0.05, 0) is 56.9 Å². The van der Waals surface area contributed by atoms with E-state index in [1.54, 1.807) is 17.2 Å².